The molecule has 2 nitrogen and oxygen atoms in total. The van der Waals surface area contributed by atoms with Crippen LogP contribution in [0.2, 0.25) is 6.32 Å². The molecule has 0 aliphatic carbocycles. The average Bonchev–Trinajstić information content (AvgIpc) is 3.46. The molecule has 4 aromatic carbocycles. The second-order valence-corrected chi connectivity index (χ2v) is 11.1. The lowest BCUT2D eigenvalue weighted by molar-refractivity contribution is 0.651. The van der Waals surface area contributed by atoms with Gasteiger partial charge in [0.25, 0.3) is 0 Å². The maximum Gasteiger partial charge on any atom is 0.110 e. The molecule has 4 heteroatoms. The van der Waals surface area contributed by atoms with Crippen LogP contribution in [0.15, 0.2) is 126 Å². The third kappa shape index (κ3) is 9.10. The lowest BCUT2D eigenvalue weighted by Crippen LogP contribution is -2.02. The van der Waals surface area contributed by atoms with E-state index >= 15 is 0 Å². The monoisotopic (exact) mass is 588 g/mol. The number of H-pyrrole nitrogens is 1. The Balaban J connectivity index is 0.000000194. The van der Waals surface area contributed by atoms with E-state index in [4.69, 9.17) is 7.85 Å². The van der Waals surface area contributed by atoms with Crippen LogP contribution in [0.4, 0.5) is 0 Å². The molecule has 0 saturated heterocycles. The Labute approximate surface area is 249 Å². The van der Waals surface area contributed by atoms with Crippen LogP contribution in [-0.4, -0.2) is 17.8 Å². The highest BCUT2D eigenvalue weighted by Crippen LogP contribution is 2.29. The molecule has 5 aromatic rings. The first kappa shape index (κ1) is 29.6. The Morgan fingerprint density at radius 2 is 1.30 bits per heavy atom. The summed E-state index contributed by atoms with van der Waals surface area (Å²) in [5.41, 5.74) is 6.65. The van der Waals surface area contributed by atoms with E-state index in [2.05, 4.69) is 148 Å². The first-order valence-electron chi connectivity index (χ1n) is 14.3. The van der Waals surface area contributed by atoms with E-state index in [1.807, 2.05) is 6.20 Å². The van der Waals surface area contributed by atoms with Crippen LogP contribution in [0.25, 0.3) is 0 Å². The SMILES string of the molecule is CCC(Cc1cnc(Cc2ccc(Br)cc2)[nH]1)c1ccccc1.[B]CCCC(c1ccccc1)c1ccccc1. The molecule has 0 saturated carbocycles. The van der Waals surface area contributed by atoms with Crippen LogP contribution in [0.3, 0.4) is 0 Å². The summed E-state index contributed by atoms with van der Waals surface area (Å²) >= 11 is 3.47. The van der Waals surface area contributed by atoms with Crippen molar-refractivity contribution in [3.8, 4) is 0 Å². The van der Waals surface area contributed by atoms with Crippen LogP contribution < -0.4 is 0 Å². The number of aromatic nitrogens is 2. The second-order valence-electron chi connectivity index (χ2n) is 10.2. The molecular weight excluding hydrogens is 551 g/mol. The summed E-state index contributed by atoms with van der Waals surface area (Å²) in [4.78, 5) is 8.04. The Kier molecular flexibility index (Phi) is 11.9. The van der Waals surface area contributed by atoms with Gasteiger partial charge in [-0.25, -0.2) is 4.98 Å². The van der Waals surface area contributed by atoms with Gasteiger partial charge in [-0.3, -0.25) is 0 Å². The third-order valence-corrected chi connectivity index (χ3v) is 7.83. The van der Waals surface area contributed by atoms with Gasteiger partial charge >= 0.3 is 0 Å². The van der Waals surface area contributed by atoms with E-state index in [0.29, 0.717) is 11.8 Å². The predicted molar refractivity (Wildman–Crippen MR) is 173 cm³/mol. The number of aromatic amines is 1. The maximum absolute atomic E-state index is 5.63. The molecule has 0 amide bonds. The molecule has 202 valence electrons. The van der Waals surface area contributed by atoms with E-state index in [1.54, 1.807) is 0 Å². The number of nitrogens with one attached hydrogen (secondary N) is 1. The summed E-state index contributed by atoms with van der Waals surface area (Å²) < 4.78 is 1.11. The Hall–Kier alpha value is -3.37. The zero-order chi connectivity index (χ0) is 28.0. The molecule has 5 rings (SSSR count). The lowest BCUT2D eigenvalue weighted by Gasteiger charge is -2.17. The van der Waals surface area contributed by atoms with E-state index in [-0.39, 0.29) is 0 Å². The third-order valence-electron chi connectivity index (χ3n) is 7.30. The number of imidazole rings is 1. The topological polar surface area (TPSA) is 28.7 Å². The van der Waals surface area contributed by atoms with Crippen LogP contribution in [0, 0.1) is 0 Å². The molecule has 0 bridgehead atoms. The summed E-state index contributed by atoms with van der Waals surface area (Å²) in [6.45, 7) is 2.25. The molecule has 1 unspecified atom stereocenters. The number of hydrogen-bond donors (Lipinski definition) is 1. The van der Waals surface area contributed by atoms with Crippen molar-refractivity contribution in [1.82, 2.24) is 9.97 Å². The Morgan fingerprint density at radius 1 is 0.750 bits per heavy atom. The van der Waals surface area contributed by atoms with Crippen molar-refractivity contribution >= 4 is 23.8 Å². The highest BCUT2D eigenvalue weighted by atomic mass is 79.9. The minimum Gasteiger partial charge on any atom is -0.346 e. The van der Waals surface area contributed by atoms with E-state index in [9.17, 15) is 0 Å². The van der Waals surface area contributed by atoms with Gasteiger partial charge in [0.2, 0.25) is 0 Å². The van der Waals surface area contributed by atoms with Crippen LogP contribution >= 0.6 is 15.9 Å². The fraction of sp³-hybridized carbons (Fsp3) is 0.250. The second kappa shape index (κ2) is 16.0. The lowest BCUT2D eigenvalue weighted by atomic mass is 9.85. The van der Waals surface area contributed by atoms with Crippen molar-refractivity contribution in [2.45, 2.75) is 57.2 Å². The standard InChI is InChI=1S/C20H21BrN2.C16H17B/c1-2-16(17-6-4-3-5-7-17)13-19-14-22-20(23-19)12-15-8-10-18(21)11-9-15;17-13-7-12-16(14-8-3-1-4-9-14)15-10-5-2-6-11-15/h3-11,14,16H,2,12-13H2,1H3,(H,22,23);1-6,8-11,16H,7,12-13H2. The fourth-order valence-electron chi connectivity index (χ4n) is 5.10. The van der Waals surface area contributed by atoms with Crippen molar-refractivity contribution in [1.29, 1.82) is 0 Å². The largest absolute Gasteiger partial charge is 0.346 e. The molecule has 1 aromatic heterocycles. The normalized spacial score (nSPS) is 11.6. The summed E-state index contributed by atoms with van der Waals surface area (Å²) in [7, 11) is 5.63. The van der Waals surface area contributed by atoms with E-state index in [1.165, 1.54) is 27.9 Å². The number of rotatable bonds is 11. The molecule has 0 aliphatic heterocycles. The van der Waals surface area contributed by atoms with E-state index < -0.39 is 0 Å². The highest BCUT2D eigenvalue weighted by molar-refractivity contribution is 9.10. The molecule has 1 heterocycles. The molecule has 1 atom stereocenters. The summed E-state index contributed by atoms with van der Waals surface area (Å²) in [6, 6.07) is 40.5. The van der Waals surface area contributed by atoms with E-state index in [0.717, 1.165) is 48.7 Å². The van der Waals surface area contributed by atoms with Crippen molar-refractivity contribution in [3.05, 3.63) is 160 Å². The first-order chi connectivity index (χ1) is 19.7. The van der Waals surface area contributed by atoms with Crippen molar-refractivity contribution in [2.75, 3.05) is 0 Å². The molecule has 0 spiro atoms. The maximum atomic E-state index is 5.63. The average molecular weight is 589 g/mol. The molecule has 40 heavy (non-hydrogen) atoms. The highest BCUT2D eigenvalue weighted by Gasteiger charge is 2.13. The van der Waals surface area contributed by atoms with Crippen molar-refractivity contribution < 1.29 is 0 Å². The Bertz CT molecular complexity index is 1330. The number of nitrogens with zero attached hydrogens (tertiary/aromatic N) is 1. The number of hydrogen-bond acceptors (Lipinski definition) is 1. The summed E-state index contributed by atoms with van der Waals surface area (Å²) in [5.74, 6) is 2.04. The van der Waals surface area contributed by atoms with Gasteiger partial charge in [0.15, 0.2) is 0 Å². The van der Waals surface area contributed by atoms with Gasteiger partial charge in [-0.2, -0.15) is 0 Å². The predicted octanol–water partition coefficient (Wildman–Crippen LogP) is 9.68. The number of benzene rings is 4. The van der Waals surface area contributed by atoms with Crippen LogP contribution in [-0.2, 0) is 12.8 Å². The van der Waals surface area contributed by atoms with Crippen molar-refractivity contribution in [3.63, 3.8) is 0 Å². The van der Waals surface area contributed by atoms with Gasteiger partial charge in [-0.05, 0) is 59.6 Å². The van der Waals surface area contributed by atoms with Gasteiger partial charge < -0.3 is 4.98 Å². The van der Waals surface area contributed by atoms with Gasteiger partial charge in [0.05, 0.1) is 7.85 Å². The smallest absolute Gasteiger partial charge is 0.110 e. The minimum absolute atomic E-state index is 0.473. The quantitative estimate of drug-likeness (QED) is 0.153. The molecule has 0 aliphatic rings. The molecule has 1 N–H and O–H groups in total. The fourth-order valence-corrected chi connectivity index (χ4v) is 5.37. The number of halogens is 1. The van der Waals surface area contributed by atoms with Gasteiger partial charge in [-0.1, -0.05) is 139 Å². The Morgan fingerprint density at radius 3 is 1.82 bits per heavy atom. The van der Waals surface area contributed by atoms with Crippen LogP contribution in [0.5, 0.6) is 0 Å². The van der Waals surface area contributed by atoms with Gasteiger partial charge in [0, 0.05) is 28.7 Å². The molecule has 2 radical (unpaired) electrons. The van der Waals surface area contributed by atoms with Crippen molar-refractivity contribution in [2.24, 2.45) is 0 Å². The summed E-state index contributed by atoms with van der Waals surface area (Å²) in [6.07, 6.45) is 7.91. The molecular formula is C36H38BBrN2. The molecule has 0 fully saturated rings. The zero-order valence-corrected chi connectivity index (χ0v) is 24.9. The zero-order valence-electron chi connectivity index (χ0n) is 23.3. The van der Waals surface area contributed by atoms with Crippen LogP contribution in [0.1, 0.15) is 71.8 Å². The van der Waals surface area contributed by atoms with Gasteiger partial charge in [0.1, 0.15) is 5.82 Å². The first-order valence-corrected chi connectivity index (χ1v) is 15.1. The summed E-state index contributed by atoms with van der Waals surface area (Å²) in [5, 5.41) is 0. The minimum atomic E-state index is 0.473. The van der Waals surface area contributed by atoms with Gasteiger partial charge in [-0.15, -0.1) is 0 Å².